The fourth-order valence-electron chi connectivity index (χ4n) is 7.70. The highest BCUT2D eigenvalue weighted by Crippen LogP contribution is 2.46. The van der Waals surface area contributed by atoms with Crippen molar-refractivity contribution in [1.29, 1.82) is 0 Å². The third kappa shape index (κ3) is 4.97. The molecular weight excluding hydrogens is 608 g/mol. The number of fused-ring (bicyclic) bond motifs is 2. The molecule has 4 fully saturated rings. The van der Waals surface area contributed by atoms with Gasteiger partial charge in [-0.25, -0.2) is 4.98 Å². The van der Waals surface area contributed by atoms with E-state index in [4.69, 9.17) is 15.1 Å². The normalized spacial score (nSPS) is 24.4. The van der Waals surface area contributed by atoms with Crippen LogP contribution in [-0.4, -0.2) is 85.9 Å². The molecule has 5 heterocycles. The molecule has 12 nitrogen and oxygen atoms in total. The second-order valence-corrected chi connectivity index (χ2v) is 14.2. The van der Waals surface area contributed by atoms with Crippen molar-refractivity contribution in [3.8, 4) is 11.3 Å². The zero-order valence-corrected chi connectivity index (χ0v) is 26.7. The van der Waals surface area contributed by atoms with Crippen molar-refractivity contribution in [2.24, 2.45) is 5.92 Å². The van der Waals surface area contributed by atoms with E-state index in [1.165, 1.54) is 5.56 Å². The minimum Gasteiger partial charge on any atom is -0.385 e. The summed E-state index contributed by atoms with van der Waals surface area (Å²) in [6, 6.07) is 11.0. The van der Waals surface area contributed by atoms with Gasteiger partial charge < -0.3 is 10.2 Å². The highest BCUT2D eigenvalue weighted by molar-refractivity contribution is 6.23. The number of imide groups is 2. The van der Waals surface area contributed by atoms with Crippen LogP contribution in [0.4, 0.5) is 5.69 Å². The van der Waals surface area contributed by atoms with Crippen molar-refractivity contribution >= 4 is 40.3 Å². The van der Waals surface area contributed by atoms with Crippen molar-refractivity contribution in [1.82, 2.24) is 34.9 Å². The first kappa shape index (κ1) is 29.2. The van der Waals surface area contributed by atoms with E-state index in [2.05, 4.69) is 51.7 Å². The lowest BCUT2D eigenvalue weighted by Gasteiger charge is -2.36. The van der Waals surface area contributed by atoms with Gasteiger partial charge in [-0.05, 0) is 81.0 Å². The number of hydrogen-bond acceptors (Lipinski definition) is 9. The molecule has 48 heavy (non-hydrogen) atoms. The Kier molecular flexibility index (Phi) is 6.72. The molecule has 4 amide bonds. The first-order valence-electron chi connectivity index (χ1n) is 16.9. The number of aromatic nitrogens is 4. The van der Waals surface area contributed by atoms with Crippen molar-refractivity contribution in [2.45, 2.75) is 62.4 Å². The molecule has 12 heteroatoms. The van der Waals surface area contributed by atoms with E-state index in [0.717, 1.165) is 83.9 Å². The number of amides is 4. The maximum atomic E-state index is 13.2. The zero-order valence-electron chi connectivity index (χ0n) is 26.7. The van der Waals surface area contributed by atoms with Crippen molar-refractivity contribution < 1.29 is 19.2 Å². The van der Waals surface area contributed by atoms with Crippen molar-refractivity contribution in [3.05, 3.63) is 71.2 Å². The molecule has 2 saturated heterocycles. The highest BCUT2D eigenvalue weighted by atomic mass is 16.2. The first-order valence-corrected chi connectivity index (χ1v) is 16.9. The van der Waals surface area contributed by atoms with Crippen LogP contribution in [0.25, 0.3) is 22.3 Å². The third-order valence-electron chi connectivity index (χ3n) is 10.7. The minimum absolute atomic E-state index is 0.0950. The van der Waals surface area contributed by atoms with Gasteiger partial charge in [0.1, 0.15) is 6.04 Å². The molecule has 0 bridgehead atoms. The first-order chi connectivity index (χ1) is 23.3. The second-order valence-electron chi connectivity index (χ2n) is 14.2. The van der Waals surface area contributed by atoms with Crippen LogP contribution in [0.2, 0.25) is 0 Å². The number of benzene rings is 2. The largest absolute Gasteiger partial charge is 0.385 e. The molecule has 244 valence electrons. The van der Waals surface area contributed by atoms with Gasteiger partial charge in [-0.1, -0.05) is 6.07 Å². The number of nitrogens with zero attached hydrogens (tertiary/aromatic N) is 6. The molecule has 4 aromatic rings. The summed E-state index contributed by atoms with van der Waals surface area (Å²) in [5.74, 6) is -0.508. The summed E-state index contributed by atoms with van der Waals surface area (Å²) in [5.41, 5.74) is 7.59. The smallest absolute Gasteiger partial charge is 0.262 e. The van der Waals surface area contributed by atoms with Gasteiger partial charge in [-0.2, -0.15) is 5.10 Å². The number of hydrogen-bond donors (Lipinski definition) is 2. The molecule has 2 saturated carbocycles. The van der Waals surface area contributed by atoms with Crippen LogP contribution in [0.1, 0.15) is 88.4 Å². The maximum Gasteiger partial charge on any atom is 0.262 e. The van der Waals surface area contributed by atoms with Gasteiger partial charge in [-0.15, -0.1) is 0 Å². The van der Waals surface area contributed by atoms with E-state index in [0.29, 0.717) is 23.8 Å². The lowest BCUT2D eigenvalue weighted by atomic mass is 9.80. The van der Waals surface area contributed by atoms with Crippen LogP contribution >= 0.6 is 0 Å². The number of nitrogens with one attached hydrogen (secondary N) is 2. The number of carbonyl (C=O) groups is 4. The van der Waals surface area contributed by atoms with Gasteiger partial charge in [0.2, 0.25) is 11.8 Å². The SMILES string of the molecule is CN1CC(c2ccc3nc(-c4cn([C@H]5C[C@H](CNc6ccc7c(c6)C(=O)N(C6CCC(=O)NC6=O)C7=O)C5)nc4C4CC4)cnc3c2)C1. The van der Waals surface area contributed by atoms with E-state index < -0.39 is 23.8 Å². The Balaban J connectivity index is 0.851. The molecule has 9 rings (SSSR count). The molecule has 0 spiro atoms. The minimum atomic E-state index is -0.970. The molecule has 1 unspecified atom stereocenters. The van der Waals surface area contributed by atoms with E-state index in [9.17, 15) is 19.2 Å². The van der Waals surface area contributed by atoms with Gasteiger partial charge in [0, 0.05) is 55.3 Å². The van der Waals surface area contributed by atoms with Crippen LogP contribution in [0, 0.1) is 5.92 Å². The average Bonchev–Trinajstić information content (AvgIpc) is 3.76. The summed E-state index contributed by atoms with van der Waals surface area (Å²) in [6.07, 6.45) is 8.56. The standard InChI is InChI=1S/C36H36N8O4/c1-42-16-22(17-42)21-4-7-28-29(12-21)38-15-30(39-28)27-18-43(41-33(27)20-2-3-20)24-10-19(11-24)14-37-23-5-6-25-26(13-23)36(48)44(35(25)47)31-8-9-32(45)40-34(31)46/h4-7,12-13,15,18-20,22,24,31,37H,2-3,8-11,14,16-17H2,1H3,(H,40,45,46)/t19-,24-,31?. The van der Waals surface area contributed by atoms with E-state index >= 15 is 0 Å². The van der Waals surface area contributed by atoms with Gasteiger partial charge in [0.05, 0.1) is 45.8 Å². The van der Waals surface area contributed by atoms with E-state index in [1.807, 2.05) is 6.20 Å². The molecule has 2 aromatic carbocycles. The molecule has 2 N–H and O–H groups in total. The molecular formula is C36H36N8O4. The molecule has 0 radical (unpaired) electrons. The lowest BCUT2D eigenvalue weighted by Crippen LogP contribution is -2.54. The van der Waals surface area contributed by atoms with E-state index in [-0.39, 0.29) is 29.9 Å². The van der Waals surface area contributed by atoms with Crippen LogP contribution < -0.4 is 10.6 Å². The summed E-state index contributed by atoms with van der Waals surface area (Å²) in [5, 5.41) is 10.8. The van der Waals surface area contributed by atoms with Gasteiger partial charge >= 0.3 is 0 Å². The summed E-state index contributed by atoms with van der Waals surface area (Å²) in [6.45, 7) is 2.90. The Hall–Kier alpha value is -4.97. The molecule has 2 aromatic heterocycles. The molecule has 3 aliphatic heterocycles. The quantitative estimate of drug-likeness (QED) is 0.274. The van der Waals surface area contributed by atoms with Crippen molar-refractivity contribution in [2.75, 3.05) is 32.0 Å². The number of rotatable bonds is 8. The third-order valence-corrected chi connectivity index (χ3v) is 10.7. The summed E-state index contributed by atoms with van der Waals surface area (Å²) >= 11 is 0. The van der Waals surface area contributed by atoms with Crippen LogP contribution in [-0.2, 0) is 9.59 Å². The Bertz CT molecular complexity index is 2020. The topological polar surface area (TPSA) is 142 Å². The fourth-order valence-corrected chi connectivity index (χ4v) is 7.70. The highest BCUT2D eigenvalue weighted by Gasteiger charge is 2.45. The predicted molar refractivity (Wildman–Crippen MR) is 176 cm³/mol. The zero-order chi connectivity index (χ0) is 32.7. The fraction of sp³-hybridized carbons (Fsp3) is 0.417. The lowest BCUT2D eigenvalue weighted by molar-refractivity contribution is -0.136. The Morgan fingerprint density at radius 2 is 1.71 bits per heavy atom. The average molecular weight is 645 g/mol. The Morgan fingerprint density at radius 3 is 2.48 bits per heavy atom. The summed E-state index contributed by atoms with van der Waals surface area (Å²) < 4.78 is 2.13. The molecule has 1 atom stereocenters. The van der Waals surface area contributed by atoms with Gasteiger partial charge in [0.25, 0.3) is 11.8 Å². The number of likely N-dealkylation sites (N-methyl/N-ethyl adjacent to an activating group) is 1. The predicted octanol–water partition coefficient (Wildman–Crippen LogP) is 3.86. The van der Waals surface area contributed by atoms with Crippen LogP contribution in [0.3, 0.4) is 0 Å². The Labute approximate surface area is 276 Å². The number of likely N-dealkylation sites (tertiary alicyclic amines) is 1. The summed E-state index contributed by atoms with van der Waals surface area (Å²) in [7, 11) is 2.15. The van der Waals surface area contributed by atoms with Crippen LogP contribution in [0.5, 0.6) is 0 Å². The van der Waals surface area contributed by atoms with Crippen LogP contribution in [0.15, 0.2) is 48.8 Å². The monoisotopic (exact) mass is 644 g/mol. The molecule has 5 aliphatic rings. The van der Waals surface area contributed by atoms with E-state index in [1.54, 1.807) is 18.2 Å². The van der Waals surface area contributed by atoms with Gasteiger partial charge in [-0.3, -0.25) is 39.1 Å². The number of anilines is 1. The summed E-state index contributed by atoms with van der Waals surface area (Å²) in [4.78, 5) is 63.3. The van der Waals surface area contributed by atoms with Crippen molar-refractivity contribution in [3.63, 3.8) is 0 Å². The Morgan fingerprint density at radius 1 is 0.896 bits per heavy atom. The molecule has 2 aliphatic carbocycles. The number of piperidine rings is 1. The van der Waals surface area contributed by atoms with Gasteiger partial charge in [0.15, 0.2) is 0 Å². The maximum absolute atomic E-state index is 13.2. The second kappa shape index (κ2) is 11.0. The number of carbonyl (C=O) groups excluding carboxylic acids is 4.